The summed E-state index contributed by atoms with van der Waals surface area (Å²) >= 11 is 0. The first kappa shape index (κ1) is 11.8. The van der Waals surface area contributed by atoms with Crippen LogP contribution >= 0.6 is 0 Å². The number of rotatable bonds is 4. The van der Waals surface area contributed by atoms with Crippen LogP contribution in [-0.2, 0) is 10.2 Å². The fourth-order valence-electron chi connectivity index (χ4n) is 2.21. The van der Waals surface area contributed by atoms with Crippen LogP contribution in [0.1, 0.15) is 24.0 Å². The highest BCUT2D eigenvalue weighted by Crippen LogP contribution is 2.53. The Kier molecular flexibility index (Phi) is 2.73. The molecule has 1 aliphatic rings. The number of benzene rings is 1. The highest BCUT2D eigenvalue weighted by molar-refractivity contribution is 5.86. The zero-order chi connectivity index (χ0) is 12.6. The molecule has 0 heterocycles. The zero-order valence-electron chi connectivity index (χ0n) is 10.2. The van der Waals surface area contributed by atoms with E-state index in [9.17, 15) is 9.90 Å². The van der Waals surface area contributed by atoms with E-state index in [-0.39, 0.29) is 0 Å². The molecule has 4 heteroatoms. The summed E-state index contributed by atoms with van der Waals surface area (Å²) in [6.45, 7) is 1.89. The summed E-state index contributed by atoms with van der Waals surface area (Å²) in [4.78, 5) is 11.4. The molecule has 1 N–H and O–H groups in total. The average Bonchev–Trinajstić information content (AvgIpc) is 3.09. The lowest BCUT2D eigenvalue weighted by atomic mass is 9.93. The normalized spacial score (nSPS) is 16.4. The number of ether oxygens (including phenoxy) is 2. The van der Waals surface area contributed by atoms with Gasteiger partial charge < -0.3 is 14.6 Å². The number of aliphatic carboxylic acids is 1. The summed E-state index contributed by atoms with van der Waals surface area (Å²) in [5.74, 6) is 0.542. The molecule has 0 atom stereocenters. The first-order valence-corrected chi connectivity index (χ1v) is 5.51. The van der Waals surface area contributed by atoms with Crippen molar-refractivity contribution in [3.05, 3.63) is 23.3 Å². The molecule has 1 saturated carbocycles. The van der Waals surface area contributed by atoms with Crippen LogP contribution < -0.4 is 9.47 Å². The molecule has 1 aromatic carbocycles. The molecule has 0 bridgehead atoms. The average molecular weight is 236 g/mol. The molecular weight excluding hydrogens is 220 g/mol. The van der Waals surface area contributed by atoms with Crippen molar-refractivity contribution in [2.75, 3.05) is 14.2 Å². The van der Waals surface area contributed by atoms with Crippen molar-refractivity contribution in [2.45, 2.75) is 25.2 Å². The lowest BCUT2D eigenvalue weighted by molar-refractivity contribution is -0.140. The third kappa shape index (κ3) is 1.73. The van der Waals surface area contributed by atoms with E-state index in [2.05, 4.69) is 0 Å². The summed E-state index contributed by atoms with van der Waals surface area (Å²) in [5.41, 5.74) is 0.851. The van der Waals surface area contributed by atoms with E-state index >= 15 is 0 Å². The van der Waals surface area contributed by atoms with Crippen LogP contribution in [0.3, 0.4) is 0 Å². The Bertz CT molecular complexity index is 461. The molecule has 1 aliphatic carbocycles. The Morgan fingerprint density at radius 1 is 1.29 bits per heavy atom. The van der Waals surface area contributed by atoms with Gasteiger partial charge in [-0.15, -0.1) is 0 Å². The second-order valence-electron chi connectivity index (χ2n) is 4.41. The molecular formula is C13H16O4. The smallest absolute Gasteiger partial charge is 0.314 e. The van der Waals surface area contributed by atoms with Crippen molar-refractivity contribution in [1.29, 1.82) is 0 Å². The van der Waals surface area contributed by atoms with E-state index in [1.807, 2.05) is 13.0 Å². The van der Waals surface area contributed by atoms with Gasteiger partial charge in [-0.1, -0.05) is 0 Å². The van der Waals surface area contributed by atoms with Gasteiger partial charge in [0, 0.05) is 5.56 Å². The van der Waals surface area contributed by atoms with Gasteiger partial charge in [0.15, 0.2) is 0 Å². The summed E-state index contributed by atoms with van der Waals surface area (Å²) in [7, 11) is 3.14. The van der Waals surface area contributed by atoms with Gasteiger partial charge in [0.05, 0.1) is 19.6 Å². The number of hydrogen-bond donors (Lipinski definition) is 1. The van der Waals surface area contributed by atoms with Gasteiger partial charge in [-0.2, -0.15) is 0 Å². The number of carboxylic acids is 1. The Labute approximate surface area is 100 Å². The molecule has 0 spiro atoms. The molecule has 1 aromatic rings. The first-order valence-electron chi connectivity index (χ1n) is 5.51. The first-order chi connectivity index (χ1) is 8.05. The second-order valence-corrected chi connectivity index (χ2v) is 4.41. The van der Waals surface area contributed by atoms with Gasteiger partial charge in [0.1, 0.15) is 11.5 Å². The maximum atomic E-state index is 11.4. The molecule has 2 rings (SSSR count). The number of hydrogen-bond acceptors (Lipinski definition) is 3. The van der Waals surface area contributed by atoms with Gasteiger partial charge >= 0.3 is 5.97 Å². The highest BCUT2D eigenvalue weighted by Gasteiger charge is 2.53. The summed E-state index contributed by atoms with van der Waals surface area (Å²) in [5, 5.41) is 9.34. The minimum atomic E-state index is -0.788. The Balaban J connectivity index is 2.59. The molecule has 92 valence electrons. The predicted molar refractivity (Wildman–Crippen MR) is 62.8 cm³/mol. The lowest BCUT2D eigenvalue weighted by Crippen LogP contribution is -2.20. The van der Waals surface area contributed by atoms with Crippen LogP contribution in [0.4, 0.5) is 0 Å². The van der Waals surface area contributed by atoms with Crippen molar-refractivity contribution in [3.63, 3.8) is 0 Å². The van der Waals surface area contributed by atoms with Crippen molar-refractivity contribution < 1.29 is 19.4 Å². The predicted octanol–water partition coefficient (Wildman–Crippen LogP) is 2.13. The maximum Gasteiger partial charge on any atom is 0.314 e. The zero-order valence-corrected chi connectivity index (χ0v) is 10.2. The van der Waals surface area contributed by atoms with Crippen molar-refractivity contribution >= 4 is 5.97 Å². The molecule has 0 aliphatic heterocycles. The van der Waals surface area contributed by atoms with Crippen LogP contribution in [0.5, 0.6) is 11.5 Å². The Morgan fingerprint density at radius 2 is 1.94 bits per heavy atom. The van der Waals surface area contributed by atoms with Crippen molar-refractivity contribution in [1.82, 2.24) is 0 Å². The number of methoxy groups -OCH3 is 2. The van der Waals surface area contributed by atoms with E-state index < -0.39 is 11.4 Å². The van der Waals surface area contributed by atoms with Crippen LogP contribution in [-0.4, -0.2) is 25.3 Å². The monoisotopic (exact) mass is 236 g/mol. The molecule has 0 aromatic heterocycles. The van der Waals surface area contributed by atoms with Crippen molar-refractivity contribution in [3.8, 4) is 11.5 Å². The molecule has 0 unspecified atom stereocenters. The third-order valence-corrected chi connectivity index (χ3v) is 3.36. The van der Waals surface area contributed by atoms with Gasteiger partial charge in [0.25, 0.3) is 0 Å². The third-order valence-electron chi connectivity index (χ3n) is 3.36. The number of carboxylic acid groups (broad SMARTS) is 1. The van der Waals surface area contributed by atoms with Crippen LogP contribution in [0.25, 0.3) is 0 Å². The SMILES string of the molecule is COc1cc(C)c(OC)c(C2(C(=O)O)CC2)c1. The minimum absolute atomic E-state index is 0.658. The fraction of sp³-hybridized carbons (Fsp3) is 0.462. The van der Waals surface area contributed by atoms with Gasteiger partial charge in [-0.05, 0) is 37.5 Å². The number of aryl methyl sites for hydroxylation is 1. The summed E-state index contributed by atoms with van der Waals surface area (Å²) < 4.78 is 10.5. The standard InChI is InChI=1S/C13H16O4/c1-8-6-9(16-2)7-10(11(8)17-3)13(4-5-13)12(14)15/h6-7H,4-5H2,1-3H3,(H,14,15). The summed E-state index contributed by atoms with van der Waals surface area (Å²) in [6, 6.07) is 3.62. The van der Waals surface area contributed by atoms with Crippen LogP contribution in [0.15, 0.2) is 12.1 Å². The largest absolute Gasteiger partial charge is 0.497 e. The second kappa shape index (κ2) is 3.95. The number of carbonyl (C=O) groups is 1. The van der Waals surface area contributed by atoms with E-state index in [1.165, 1.54) is 0 Å². The molecule has 0 saturated heterocycles. The van der Waals surface area contributed by atoms with Gasteiger partial charge in [0.2, 0.25) is 0 Å². The Morgan fingerprint density at radius 3 is 2.35 bits per heavy atom. The van der Waals surface area contributed by atoms with E-state index in [4.69, 9.17) is 9.47 Å². The van der Waals surface area contributed by atoms with Crippen molar-refractivity contribution in [2.24, 2.45) is 0 Å². The van der Waals surface area contributed by atoms with Gasteiger partial charge in [-0.3, -0.25) is 4.79 Å². The summed E-state index contributed by atoms with van der Waals surface area (Å²) in [6.07, 6.45) is 1.32. The van der Waals surface area contributed by atoms with Gasteiger partial charge in [-0.25, -0.2) is 0 Å². The topological polar surface area (TPSA) is 55.8 Å². The van der Waals surface area contributed by atoms with Crippen LogP contribution in [0.2, 0.25) is 0 Å². The van der Waals surface area contributed by atoms with E-state index in [0.717, 1.165) is 11.1 Å². The van der Waals surface area contributed by atoms with Crippen LogP contribution in [0, 0.1) is 6.92 Å². The quantitative estimate of drug-likeness (QED) is 0.870. The minimum Gasteiger partial charge on any atom is -0.497 e. The lowest BCUT2D eigenvalue weighted by Gasteiger charge is -2.18. The molecule has 0 radical (unpaired) electrons. The molecule has 4 nitrogen and oxygen atoms in total. The molecule has 1 fully saturated rings. The highest BCUT2D eigenvalue weighted by atomic mass is 16.5. The molecule has 0 amide bonds. The van der Waals surface area contributed by atoms with E-state index in [1.54, 1.807) is 20.3 Å². The molecule has 17 heavy (non-hydrogen) atoms. The fourth-order valence-corrected chi connectivity index (χ4v) is 2.21. The van der Waals surface area contributed by atoms with E-state index in [0.29, 0.717) is 24.3 Å². The Hall–Kier alpha value is -1.71. The maximum absolute atomic E-state index is 11.4.